The average molecular weight is 387 g/mol. The van der Waals surface area contributed by atoms with Gasteiger partial charge in [0.2, 0.25) is 0 Å². The third kappa shape index (κ3) is 3.45. The summed E-state index contributed by atoms with van der Waals surface area (Å²) >= 11 is 8.47. The van der Waals surface area contributed by atoms with Crippen LogP contribution in [0.3, 0.4) is 0 Å². The van der Waals surface area contributed by atoms with Gasteiger partial charge in [0.1, 0.15) is 5.15 Å². The van der Waals surface area contributed by atoms with Crippen LogP contribution >= 0.6 is 34.2 Å². The highest BCUT2D eigenvalue weighted by Crippen LogP contribution is 2.26. The van der Waals surface area contributed by atoms with Gasteiger partial charge in [0.05, 0.1) is 9.26 Å². The summed E-state index contributed by atoms with van der Waals surface area (Å²) < 4.78 is 0.963. The Morgan fingerprint density at radius 2 is 1.89 bits per heavy atom. The van der Waals surface area contributed by atoms with Gasteiger partial charge in [0, 0.05) is 5.56 Å². The molecule has 0 saturated carbocycles. The van der Waals surface area contributed by atoms with Crippen LogP contribution < -0.4 is 0 Å². The lowest BCUT2D eigenvalue weighted by Gasteiger charge is -2.11. The molecule has 0 saturated heterocycles. The van der Waals surface area contributed by atoms with E-state index in [-0.39, 0.29) is 0 Å². The van der Waals surface area contributed by atoms with Crippen molar-refractivity contribution < 1.29 is 0 Å². The third-order valence-electron chi connectivity index (χ3n) is 2.87. The molecule has 1 heterocycles. The Morgan fingerprint density at radius 1 is 1.21 bits per heavy atom. The molecule has 0 N–H and O–H groups in total. The topological polar surface area (TPSA) is 25.8 Å². The van der Waals surface area contributed by atoms with Crippen molar-refractivity contribution in [2.24, 2.45) is 5.92 Å². The zero-order chi connectivity index (χ0) is 14.0. The number of aromatic nitrogens is 2. The van der Waals surface area contributed by atoms with Crippen LogP contribution in [0.15, 0.2) is 24.3 Å². The predicted octanol–water partition coefficient (Wildman–Crippen LogP) is 4.91. The highest BCUT2D eigenvalue weighted by molar-refractivity contribution is 14.1. The lowest BCUT2D eigenvalue weighted by molar-refractivity contribution is 0.632. The molecule has 1 aromatic heterocycles. The van der Waals surface area contributed by atoms with Crippen LogP contribution in [-0.2, 0) is 6.42 Å². The molecule has 1 aromatic carbocycles. The van der Waals surface area contributed by atoms with Gasteiger partial charge in [0.25, 0.3) is 0 Å². The van der Waals surface area contributed by atoms with E-state index in [9.17, 15) is 0 Å². The van der Waals surface area contributed by atoms with E-state index >= 15 is 0 Å². The van der Waals surface area contributed by atoms with Crippen molar-refractivity contribution >= 4 is 34.2 Å². The molecule has 4 heteroatoms. The molecule has 0 bridgehead atoms. The van der Waals surface area contributed by atoms with Crippen LogP contribution in [0.4, 0.5) is 0 Å². The maximum atomic E-state index is 6.25. The second kappa shape index (κ2) is 6.18. The summed E-state index contributed by atoms with van der Waals surface area (Å²) in [5.74, 6) is 1.27. The van der Waals surface area contributed by atoms with Gasteiger partial charge in [-0.05, 0) is 47.4 Å². The molecule has 0 unspecified atom stereocenters. The van der Waals surface area contributed by atoms with Gasteiger partial charge >= 0.3 is 0 Å². The van der Waals surface area contributed by atoms with E-state index in [1.54, 1.807) is 0 Å². The Bertz CT molecular complexity index is 597. The third-order valence-corrected chi connectivity index (χ3v) is 4.59. The summed E-state index contributed by atoms with van der Waals surface area (Å²) in [6.45, 7) is 6.42. The standard InChI is InChI=1S/C15H16ClIN2/c1-9(2)8-12-13(17)14(16)19-15(18-12)11-7-5-4-6-10(11)3/h4-7,9H,8H2,1-3H3. The second-order valence-corrected chi connectivity index (χ2v) is 6.45. The maximum absolute atomic E-state index is 6.25. The number of hydrogen-bond donors (Lipinski definition) is 0. The summed E-state index contributed by atoms with van der Waals surface area (Å²) in [6.07, 6.45) is 0.916. The minimum Gasteiger partial charge on any atom is -0.232 e. The van der Waals surface area contributed by atoms with Gasteiger partial charge in [0.15, 0.2) is 5.82 Å². The van der Waals surface area contributed by atoms with E-state index in [2.05, 4.69) is 54.4 Å². The molecular formula is C15H16ClIN2. The highest BCUT2D eigenvalue weighted by atomic mass is 127. The minimum atomic E-state index is 0.546. The second-order valence-electron chi connectivity index (χ2n) is 5.01. The zero-order valence-corrected chi connectivity index (χ0v) is 14.2. The van der Waals surface area contributed by atoms with E-state index in [0.29, 0.717) is 11.1 Å². The number of nitrogens with zero attached hydrogens (tertiary/aromatic N) is 2. The smallest absolute Gasteiger partial charge is 0.161 e. The summed E-state index contributed by atoms with van der Waals surface area (Å²) in [4.78, 5) is 9.12. The number of halogens is 2. The van der Waals surface area contributed by atoms with E-state index in [0.717, 1.165) is 32.6 Å². The van der Waals surface area contributed by atoms with Gasteiger partial charge in [-0.3, -0.25) is 0 Å². The average Bonchev–Trinajstić information content (AvgIpc) is 2.35. The van der Waals surface area contributed by atoms with Crippen LogP contribution in [0.1, 0.15) is 25.1 Å². The lowest BCUT2D eigenvalue weighted by Crippen LogP contribution is -2.05. The molecule has 19 heavy (non-hydrogen) atoms. The van der Waals surface area contributed by atoms with Crippen molar-refractivity contribution in [2.45, 2.75) is 27.2 Å². The highest BCUT2D eigenvalue weighted by Gasteiger charge is 2.14. The molecule has 2 rings (SSSR count). The van der Waals surface area contributed by atoms with Crippen LogP contribution in [0.2, 0.25) is 5.15 Å². The van der Waals surface area contributed by atoms with Crippen molar-refractivity contribution in [1.29, 1.82) is 0 Å². The maximum Gasteiger partial charge on any atom is 0.161 e. The summed E-state index contributed by atoms with van der Waals surface area (Å²) in [6, 6.07) is 8.11. The van der Waals surface area contributed by atoms with E-state index in [1.165, 1.54) is 0 Å². The first kappa shape index (κ1) is 14.7. The molecule has 0 radical (unpaired) electrons. The van der Waals surface area contributed by atoms with E-state index < -0.39 is 0 Å². The lowest BCUT2D eigenvalue weighted by atomic mass is 10.1. The zero-order valence-electron chi connectivity index (χ0n) is 11.2. The summed E-state index contributed by atoms with van der Waals surface area (Å²) in [7, 11) is 0. The quantitative estimate of drug-likeness (QED) is 0.553. The Kier molecular flexibility index (Phi) is 4.79. The fraction of sp³-hybridized carbons (Fsp3) is 0.333. The molecule has 0 aliphatic rings. The molecule has 2 aromatic rings. The van der Waals surface area contributed by atoms with E-state index in [4.69, 9.17) is 16.6 Å². The fourth-order valence-corrected chi connectivity index (χ4v) is 2.58. The van der Waals surface area contributed by atoms with Crippen LogP contribution in [0, 0.1) is 16.4 Å². The van der Waals surface area contributed by atoms with E-state index in [1.807, 2.05) is 18.2 Å². The Labute approximate surface area is 132 Å². The molecule has 0 aliphatic heterocycles. The van der Waals surface area contributed by atoms with Gasteiger partial charge in [-0.2, -0.15) is 0 Å². The molecule has 0 amide bonds. The normalized spacial score (nSPS) is 11.1. The largest absolute Gasteiger partial charge is 0.232 e. The van der Waals surface area contributed by atoms with Gasteiger partial charge in [-0.1, -0.05) is 49.7 Å². The molecule has 0 atom stereocenters. The molecule has 0 aliphatic carbocycles. The van der Waals surface area contributed by atoms with Gasteiger partial charge < -0.3 is 0 Å². The number of rotatable bonds is 3. The molecular weight excluding hydrogens is 371 g/mol. The van der Waals surface area contributed by atoms with Crippen molar-refractivity contribution in [3.8, 4) is 11.4 Å². The summed E-state index contributed by atoms with van der Waals surface area (Å²) in [5.41, 5.74) is 3.25. The van der Waals surface area contributed by atoms with Crippen molar-refractivity contribution in [2.75, 3.05) is 0 Å². The van der Waals surface area contributed by atoms with Crippen LogP contribution in [0.25, 0.3) is 11.4 Å². The van der Waals surface area contributed by atoms with Crippen molar-refractivity contribution in [3.63, 3.8) is 0 Å². The minimum absolute atomic E-state index is 0.546. The Morgan fingerprint density at radius 3 is 2.53 bits per heavy atom. The number of benzene rings is 1. The SMILES string of the molecule is Cc1ccccc1-c1nc(Cl)c(I)c(CC(C)C)n1. The van der Waals surface area contributed by atoms with Crippen LogP contribution in [-0.4, -0.2) is 9.97 Å². The van der Waals surface area contributed by atoms with Gasteiger partial charge in [-0.15, -0.1) is 0 Å². The van der Waals surface area contributed by atoms with Crippen LogP contribution in [0.5, 0.6) is 0 Å². The Balaban J connectivity index is 2.54. The number of hydrogen-bond acceptors (Lipinski definition) is 2. The first-order valence-electron chi connectivity index (χ1n) is 6.27. The first-order valence-corrected chi connectivity index (χ1v) is 7.72. The van der Waals surface area contributed by atoms with Crippen molar-refractivity contribution in [3.05, 3.63) is 44.2 Å². The fourth-order valence-electron chi connectivity index (χ4n) is 1.93. The molecule has 0 fully saturated rings. The first-order chi connectivity index (χ1) is 8.99. The molecule has 100 valence electrons. The molecule has 2 nitrogen and oxygen atoms in total. The predicted molar refractivity (Wildman–Crippen MR) is 88.5 cm³/mol. The number of aryl methyl sites for hydroxylation is 1. The molecule has 0 spiro atoms. The monoisotopic (exact) mass is 386 g/mol. The summed E-state index contributed by atoms with van der Waals surface area (Å²) in [5, 5.41) is 0.546. The van der Waals surface area contributed by atoms with Crippen molar-refractivity contribution in [1.82, 2.24) is 9.97 Å². The Hall–Kier alpha value is -0.680. The van der Waals surface area contributed by atoms with Gasteiger partial charge in [-0.25, -0.2) is 9.97 Å².